The molecule has 4 nitrogen and oxygen atoms in total. The Kier molecular flexibility index (Phi) is 2.87. The first-order chi connectivity index (χ1) is 8.68. The summed E-state index contributed by atoms with van der Waals surface area (Å²) in [5.41, 5.74) is 10.4. The van der Waals surface area contributed by atoms with Gasteiger partial charge in [0.25, 0.3) is 0 Å². The van der Waals surface area contributed by atoms with Gasteiger partial charge in [0.1, 0.15) is 0 Å². The van der Waals surface area contributed by atoms with E-state index in [1.165, 1.54) is 5.56 Å². The lowest BCUT2D eigenvalue weighted by molar-refractivity contribution is 0.110. The normalized spacial score (nSPS) is 14.6. The zero-order valence-corrected chi connectivity index (χ0v) is 11.7. The molecule has 1 aromatic carbocycles. The minimum atomic E-state index is 0.560. The van der Waals surface area contributed by atoms with Gasteiger partial charge in [0, 0.05) is 16.5 Å². The molecule has 0 spiro atoms. The molecule has 1 aliphatic heterocycles. The van der Waals surface area contributed by atoms with Gasteiger partial charge in [-0.05, 0) is 34.5 Å². The van der Waals surface area contributed by atoms with Crippen LogP contribution < -0.4 is 5.73 Å². The number of ether oxygens (including phenoxy) is 1. The SMILES string of the molecule is Cc1cccc(-n2nc(N)c3c2CCOC3)c1Br. The highest BCUT2D eigenvalue weighted by molar-refractivity contribution is 9.10. The molecule has 0 amide bonds. The highest BCUT2D eigenvalue weighted by Gasteiger charge is 2.21. The summed E-state index contributed by atoms with van der Waals surface area (Å²) in [4.78, 5) is 0. The third kappa shape index (κ3) is 1.74. The van der Waals surface area contributed by atoms with Crippen molar-refractivity contribution in [1.82, 2.24) is 9.78 Å². The Bertz CT molecular complexity index is 607. The van der Waals surface area contributed by atoms with Crippen LogP contribution in [0.5, 0.6) is 0 Å². The van der Waals surface area contributed by atoms with Gasteiger partial charge in [-0.1, -0.05) is 12.1 Å². The quantitative estimate of drug-likeness (QED) is 0.881. The van der Waals surface area contributed by atoms with Crippen LogP contribution in [0.2, 0.25) is 0 Å². The number of nitrogens with two attached hydrogens (primary N) is 1. The summed E-state index contributed by atoms with van der Waals surface area (Å²) in [6, 6.07) is 6.13. The Hall–Kier alpha value is -1.33. The number of anilines is 1. The third-order valence-electron chi connectivity index (χ3n) is 3.25. The van der Waals surface area contributed by atoms with Crippen molar-refractivity contribution < 1.29 is 4.74 Å². The first-order valence-electron chi connectivity index (χ1n) is 5.88. The van der Waals surface area contributed by atoms with E-state index in [1.807, 2.05) is 16.8 Å². The molecule has 0 unspecified atom stereocenters. The van der Waals surface area contributed by atoms with Crippen LogP contribution in [-0.4, -0.2) is 16.4 Å². The van der Waals surface area contributed by atoms with Crippen LogP contribution in [0.1, 0.15) is 16.8 Å². The van der Waals surface area contributed by atoms with Crippen molar-refractivity contribution in [1.29, 1.82) is 0 Å². The Morgan fingerprint density at radius 2 is 2.28 bits per heavy atom. The average molecular weight is 308 g/mol. The van der Waals surface area contributed by atoms with Crippen molar-refractivity contribution in [3.63, 3.8) is 0 Å². The number of fused-ring (bicyclic) bond motifs is 1. The summed E-state index contributed by atoms with van der Waals surface area (Å²) >= 11 is 3.62. The summed E-state index contributed by atoms with van der Waals surface area (Å²) in [7, 11) is 0. The number of rotatable bonds is 1. The molecule has 1 aliphatic rings. The minimum Gasteiger partial charge on any atom is -0.382 e. The number of aromatic nitrogens is 2. The fourth-order valence-electron chi connectivity index (χ4n) is 2.26. The highest BCUT2D eigenvalue weighted by atomic mass is 79.9. The lowest BCUT2D eigenvalue weighted by atomic mass is 10.1. The maximum Gasteiger partial charge on any atom is 0.151 e. The number of aryl methyl sites for hydroxylation is 1. The Morgan fingerprint density at radius 3 is 3.11 bits per heavy atom. The van der Waals surface area contributed by atoms with E-state index in [2.05, 4.69) is 34.0 Å². The third-order valence-corrected chi connectivity index (χ3v) is 4.28. The summed E-state index contributed by atoms with van der Waals surface area (Å²) in [6.07, 6.45) is 0.847. The molecular weight excluding hydrogens is 294 g/mol. The number of benzene rings is 1. The van der Waals surface area contributed by atoms with E-state index in [0.29, 0.717) is 12.4 Å². The summed E-state index contributed by atoms with van der Waals surface area (Å²) in [5.74, 6) is 0.568. The van der Waals surface area contributed by atoms with E-state index in [1.54, 1.807) is 0 Å². The first-order valence-corrected chi connectivity index (χ1v) is 6.67. The minimum absolute atomic E-state index is 0.560. The standard InChI is InChI=1S/C13H14BrN3O/c1-8-3-2-4-11(12(8)14)17-10-5-6-18-7-9(10)13(15)16-17/h2-4H,5-7H2,1H3,(H2,15,16). The fraction of sp³-hybridized carbons (Fsp3) is 0.308. The van der Waals surface area contributed by atoms with Crippen LogP contribution in [0.3, 0.4) is 0 Å². The monoisotopic (exact) mass is 307 g/mol. The van der Waals surface area contributed by atoms with Gasteiger partial charge in [-0.2, -0.15) is 5.10 Å². The molecule has 0 aliphatic carbocycles. The number of nitrogen functional groups attached to an aromatic ring is 1. The largest absolute Gasteiger partial charge is 0.382 e. The van der Waals surface area contributed by atoms with Crippen LogP contribution in [0.15, 0.2) is 22.7 Å². The van der Waals surface area contributed by atoms with Crippen LogP contribution >= 0.6 is 15.9 Å². The molecule has 0 saturated carbocycles. The van der Waals surface area contributed by atoms with Crippen molar-refractivity contribution in [2.45, 2.75) is 20.0 Å². The van der Waals surface area contributed by atoms with Gasteiger partial charge in [-0.3, -0.25) is 0 Å². The predicted octanol–water partition coefficient (Wildman–Crippen LogP) is 2.60. The second kappa shape index (κ2) is 4.40. The fourth-order valence-corrected chi connectivity index (χ4v) is 2.69. The summed E-state index contributed by atoms with van der Waals surface area (Å²) in [5, 5.41) is 4.45. The molecule has 2 aromatic rings. The molecule has 2 heterocycles. The molecule has 94 valence electrons. The molecule has 2 N–H and O–H groups in total. The molecule has 18 heavy (non-hydrogen) atoms. The lowest BCUT2D eigenvalue weighted by Crippen LogP contribution is -2.13. The molecule has 0 fully saturated rings. The van der Waals surface area contributed by atoms with E-state index in [9.17, 15) is 0 Å². The van der Waals surface area contributed by atoms with Crippen LogP contribution in [0, 0.1) is 6.92 Å². The molecule has 3 rings (SSSR count). The van der Waals surface area contributed by atoms with E-state index >= 15 is 0 Å². The van der Waals surface area contributed by atoms with Gasteiger partial charge in [0.15, 0.2) is 5.82 Å². The predicted molar refractivity (Wildman–Crippen MR) is 73.8 cm³/mol. The lowest BCUT2D eigenvalue weighted by Gasteiger charge is -2.15. The van der Waals surface area contributed by atoms with E-state index in [0.717, 1.165) is 34.4 Å². The van der Waals surface area contributed by atoms with Crippen molar-refractivity contribution in [3.05, 3.63) is 39.5 Å². The summed E-state index contributed by atoms with van der Waals surface area (Å²) in [6.45, 7) is 3.35. The van der Waals surface area contributed by atoms with E-state index in [4.69, 9.17) is 10.5 Å². The van der Waals surface area contributed by atoms with E-state index in [-0.39, 0.29) is 0 Å². The molecule has 0 radical (unpaired) electrons. The zero-order chi connectivity index (χ0) is 12.7. The van der Waals surface area contributed by atoms with Crippen LogP contribution in [0.4, 0.5) is 5.82 Å². The molecule has 0 bridgehead atoms. The zero-order valence-electron chi connectivity index (χ0n) is 10.1. The van der Waals surface area contributed by atoms with Crippen molar-refractivity contribution in [2.24, 2.45) is 0 Å². The molecular formula is C13H14BrN3O. The maximum absolute atomic E-state index is 5.96. The first kappa shape index (κ1) is 11.7. The topological polar surface area (TPSA) is 53.1 Å². The van der Waals surface area contributed by atoms with Gasteiger partial charge in [0.05, 0.1) is 24.6 Å². The molecule has 5 heteroatoms. The highest BCUT2D eigenvalue weighted by Crippen LogP contribution is 2.30. The smallest absolute Gasteiger partial charge is 0.151 e. The molecule has 1 aromatic heterocycles. The van der Waals surface area contributed by atoms with Crippen molar-refractivity contribution in [2.75, 3.05) is 12.3 Å². The maximum atomic E-state index is 5.96. The second-order valence-electron chi connectivity index (χ2n) is 4.43. The Morgan fingerprint density at radius 1 is 1.44 bits per heavy atom. The van der Waals surface area contributed by atoms with Gasteiger partial charge in [-0.25, -0.2) is 4.68 Å². The number of hydrogen-bond acceptors (Lipinski definition) is 3. The van der Waals surface area contributed by atoms with Crippen LogP contribution in [0.25, 0.3) is 5.69 Å². The van der Waals surface area contributed by atoms with Gasteiger partial charge >= 0.3 is 0 Å². The average Bonchev–Trinajstić information content (AvgIpc) is 2.71. The molecule has 0 atom stereocenters. The number of halogens is 1. The number of nitrogens with zero attached hydrogens (tertiary/aromatic N) is 2. The van der Waals surface area contributed by atoms with Crippen molar-refractivity contribution >= 4 is 21.7 Å². The van der Waals surface area contributed by atoms with Gasteiger partial charge < -0.3 is 10.5 Å². The Balaban J connectivity index is 2.20. The van der Waals surface area contributed by atoms with Crippen LogP contribution in [-0.2, 0) is 17.8 Å². The molecule has 0 saturated heterocycles. The number of hydrogen-bond donors (Lipinski definition) is 1. The van der Waals surface area contributed by atoms with Gasteiger partial charge in [0.2, 0.25) is 0 Å². The van der Waals surface area contributed by atoms with Crippen molar-refractivity contribution in [3.8, 4) is 5.69 Å². The second-order valence-corrected chi connectivity index (χ2v) is 5.23. The van der Waals surface area contributed by atoms with E-state index < -0.39 is 0 Å². The Labute approximate surface area is 114 Å². The summed E-state index contributed by atoms with van der Waals surface area (Å²) < 4.78 is 8.43. The van der Waals surface area contributed by atoms with Gasteiger partial charge in [-0.15, -0.1) is 0 Å².